The van der Waals surface area contributed by atoms with E-state index in [4.69, 9.17) is 46.5 Å². The normalized spacial score (nSPS) is 20.7. The molecule has 1 saturated carbocycles. The van der Waals surface area contributed by atoms with Crippen LogP contribution in [0.2, 0.25) is 0 Å². The van der Waals surface area contributed by atoms with Gasteiger partial charge in [0.25, 0.3) is 0 Å². The van der Waals surface area contributed by atoms with Crippen LogP contribution in [0.1, 0.15) is 25.7 Å². The van der Waals surface area contributed by atoms with Crippen molar-refractivity contribution in [1.82, 2.24) is 0 Å². The summed E-state index contributed by atoms with van der Waals surface area (Å²) in [5.41, 5.74) is 11.3. The van der Waals surface area contributed by atoms with E-state index >= 15 is 0 Å². The Hall–Kier alpha value is 2.35. The maximum atomic E-state index is 8.52. The largest absolute Gasteiger partial charge is 2.00 e. The summed E-state index contributed by atoms with van der Waals surface area (Å²) in [5.74, 6) is 0. The fraction of sp³-hybridized carbons (Fsp3) is 1.00. The van der Waals surface area contributed by atoms with Gasteiger partial charge < -0.3 is 29.7 Å². The number of rotatable bonds is 0. The van der Waals surface area contributed by atoms with Gasteiger partial charge in [0.15, 0.2) is 0 Å². The van der Waals surface area contributed by atoms with Crippen molar-refractivity contribution < 1.29 is 115 Å². The first-order valence-corrected chi connectivity index (χ1v) is 7.32. The molecule has 0 heterocycles. The topological polar surface area (TPSA) is 213 Å². The Balaban J connectivity index is -0.0000000595. The van der Waals surface area contributed by atoms with Crippen LogP contribution < -0.4 is 70.6 Å². The van der Waals surface area contributed by atoms with Crippen molar-refractivity contribution >= 4 is 20.8 Å². The van der Waals surface area contributed by atoms with E-state index in [2.05, 4.69) is 0 Å². The first-order chi connectivity index (χ1) is 7.80. The molecule has 21 heavy (non-hydrogen) atoms. The third-order valence-electron chi connectivity index (χ3n) is 1.87. The van der Waals surface area contributed by atoms with Gasteiger partial charge >= 0.3 is 80.2 Å². The summed E-state index contributed by atoms with van der Waals surface area (Å²) in [7, 11) is -10.3. The predicted molar refractivity (Wildman–Crippen MR) is 55.4 cm³/mol. The Labute approximate surface area is 183 Å². The molecule has 1 fully saturated rings. The van der Waals surface area contributed by atoms with Gasteiger partial charge in [0.05, 0.1) is 0 Å². The Morgan fingerprint density at radius 1 is 0.714 bits per heavy atom. The van der Waals surface area contributed by atoms with Crippen molar-refractivity contribution in [3.05, 3.63) is 0 Å². The fourth-order valence-corrected chi connectivity index (χ4v) is 1.19. The number of hydrogen-bond acceptors (Lipinski definition) is 10. The summed E-state index contributed by atoms with van der Waals surface area (Å²) in [5, 5.41) is 0. The molecule has 0 spiro atoms. The van der Waals surface area contributed by atoms with Crippen molar-refractivity contribution in [3.63, 3.8) is 0 Å². The average molecular weight is 547 g/mol. The molecule has 0 aromatic rings. The fourth-order valence-electron chi connectivity index (χ4n) is 1.19. The summed E-state index contributed by atoms with van der Waals surface area (Å²) < 4.78 is 68.2. The van der Waals surface area contributed by atoms with Gasteiger partial charge in [-0.15, -0.1) is 0 Å². The van der Waals surface area contributed by atoms with E-state index in [9.17, 15) is 0 Å². The molecule has 1 rings (SSSR count). The van der Waals surface area contributed by atoms with Crippen molar-refractivity contribution in [3.8, 4) is 0 Å². The average Bonchev–Trinajstić information content (AvgIpc) is 2.04. The summed E-state index contributed by atoms with van der Waals surface area (Å²) in [4.78, 5) is 0. The zero-order chi connectivity index (χ0) is 15.0. The summed E-state index contributed by atoms with van der Waals surface area (Å²) in [6.07, 6.45) is 4.80. The molecule has 0 aromatic carbocycles. The molecule has 10 nitrogen and oxygen atoms in total. The minimum atomic E-state index is -5.17. The van der Waals surface area contributed by atoms with Gasteiger partial charge in [0.2, 0.25) is 0 Å². The van der Waals surface area contributed by atoms with Gasteiger partial charge in [-0.3, -0.25) is 16.8 Å². The molecule has 0 saturated heterocycles. The second kappa shape index (κ2) is 17.2. The van der Waals surface area contributed by atoms with Crippen molar-refractivity contribution in [2.45, 2.75) is 37.8 Å². The zero-order valence-electron chi connectivity index (χ0n) is 11.5. The Morgan fingerprint density at radius 3 is 0.952 bits per heavy atom. The van der Waals surface area contributed by atoms with Crippen LogP contribution in [0.5, 0.6) is 0 Å². The van der Waals surface area contributed by atoms with Crippen LogP contribution >= 0.6 is 0 Å². The van der Waals surface area contributed by atoms with Crippen LogP contribution in [0.15, 0.2) is 0 Å². The molecule has 0 amide bonds. The van der Waals surface area contributed by atoms with E-state index in [1.165, 1.54) is 12.8 Å². The monoisotopic (exact) mass is 547 g/mol. The SMILES string of the molecule is NC1CCCCC1N.O=S(=O)([O-])[O-].O=S(=O)([O-])[O-].[Na+].[Na+].[Pt+2]. The van der Waals surface area contributed by atoms with E-state index in [1.54, 1.807) is 0 Å². The zero-order valence-corrected chi connectivity index (χ0v) is 19.4. The molecule has 120 valence electrons. The first-order valence-electron chi connectivity index (χ1n) is 4.65. The van der Waals surface area contributed by atoms with E-state index in [0.29, 0.717) is 0 Å². The van der Waals surface area contributed by atoms with Gasteiger partial charge in [0, 0.05) is 32.9 Å². The molecule has 2 unspecified atom stereocenters. The molecule has 0 bridgehead atoms. The number of hydrogen-bond donors (Lipinski definition) is 2. The molecule has 0 radical (unpaired) electrons. The van der Waals surface area contributed by atoms with E-state index in [1.807, 2.05) is 0 Å². The molecule has 1 aliphatic rings. The minimum Gasteiger partial charge on any atom is -0.759 e. The first kappa shape index (κ1) is 34.6. The summed E-state index contributed by atoms with van der Waals surface area (Å²) in [6, 6.07) is 0.562. The molecule has 15 heteroatoms. The Bertz CT molecular complexity index is 364. The van der Waals surface area contributed by atoms with Crippen LogP contribution in [0, 0.1) is 0 Å². The molecule has 1 aliphatic carbocycles. The molecule has 0 aromatic heterocycles. The van der Waals surface area contributed by atoms with Gasteiger partial charge in [-0.2, -0.15) is 0 Å². The minimum absolute atomic E-state index is 0. The van der Waals surface area contributed by atoms with Crippen LogP contribution in [0.3, 0.4) is 0 Å². The van der Waals surface area contributed by atoms with Gasteiger partial charge in [-0.25, -0.2) is 0 Å². The maximum absolute atomic E-state index is 8.52. The molecular weight excluding hydrogens is 533 g/mol. The third-order valence-corrected chi connectivity index (χ3v) is 1.87. The van der Waals surface area contributed by atoms with Crippen LogP contribution in [0.25, 0.3) is 0 Å². The Kier molecular flexibility index (Phi) is 28.3. The number of nitrogens with two attached hydrogens (primary N) is 2. The van der Waals surface area contributed by atoms with E-state index in [-0.39, 0.29) is 92.3 Å². The smallest absolute Gasteiger partial charge is 0.759 e. The molecular formula is C6H14N2Na2O8PtS2. The van der Waals surface area contributed by atoms with Gasteiger partial charge in [0.1, 0.15) is 0 Å². The standard InChI is InChI=1S/C6H14N2.2Na.2H2O4S.Pt/c7-5-3-1-2-4-6(5)8;;;2*1-5(2,3)4;/h5-6H,1-4,7-8H2;;;2*(H2,1,2,3,4);/q;2*+1;;;+2/p-4. The van der Waals surface area contributed by atoms with Gasteiger partial charge in [-0.05, 0) is 12.8 Å². The second-order valence-corrected chi connectivity index (χ2v) is 5.06. The van der Waals surface area contributed by atoms with Gasteiger partial charge in [-0.1, -0.05) is 12.8 Å². The molecule has 0 aliphatic heterocycles. The van der Waals surface area contributed by atoms with Crippen LogP contribution in [-0.2, 0) is 41.9 Å². The van der Waals surface area contributed by atoms with Crippen molar-refractivity contribution in [2.24, 2.45) is 11.5 Å². The Morgan fingerprint density at radius 2 is 0.857 bits per heavy atom. The molecule has 4 N–H and O–H groups in total. The van der Waals surface area contributed by atoms with Crippen LogP contribution in [-0.4, -0.2) is 47.1 Å². The summed E-state index contributed by atoms with van der Waals surface area (Å²) >= 11 is 0. The molecule has 2 atom stereocenters. The maximum Gasteiger partial charge on any atom is 2.00 e. The third kappa shape index (κ3) is 51.9. The van der Waals surface area contributed by atoms with Crippen molar-refractivity contribution in [2.75, 3.05) is 0 Å². The summed E-state index contributed by atoms with van der Waals surface area (Å²) in [6.45, 7) is 0. The van der Waals surface area contributed by atoms with Crippen molar-refractivity contribution in [1.29, 1.82) is 0 Å². The predicted octanol–water partition coefficient (Wildman–Crippen LogP) is -8.46. The second-order valence-electron chi connectivity index (χ2n) is 3.43. The van der Waals surface area contributed by atoms with E-state index < -0.39 is 20.8 Å². The van der Waals surface area contributed by atoms with Crippen LogP contribution in [0.4, 0.5) is 0 Å². The quantitative estimate of drug-likeness (QED) is 0.166. The van der Waals surface area contributed by atoms with E-state index in [0.717, 1.165) is 12.8 Å².